The number of hydrogen-bond acceptors (Lipinski definition) is 0. The van der Waals surface area contributed by atoms with Crippen molar-refractivity contribution < 1.29 is 8.78 Å². The van der Waals surface area contributed by atoms with Crippen LogP contribution in [-0.2, 0) is 6.42 Å². The molecule has 0 bridgehead atoms. The predicted molar refractivity (Wildman–Crippen MR) is 132 cm³/mol. The maximum Gasteiger partial charge on any atom is 0.146 e. The van der Waals surface area contributed by atoms with Crippen molar-refractivity contribution >= 4 is 22.4 Å². The van der Waals surface area contributed by atoms with Crippen LogP contribution in [0.25, 0.3) is 10.8 Å². The summed E-state index contributed by atoms with van der Waals surface area (Å²) in [6.45, 7) is 2.19. The number of aryl methyl sites for hydroxylation is 1. The van der Waals surface area contributed by atoms with Crippen molar-refractivity contribution in [2.75, 3.05) is 0 Å². The van der Waals surface area contributed by atoms with Gasteiger partial charge in [0.1, 0.15) is 11.6 Å². The van der Waals surface area contributed by atoms with Gasteiger partial charge in [-0.1, -0.05) is 72.9 Å². The molecule has 0 aliphatic rings. The highest BCUT2D eigenvalue weighted by Crippen LogP contribution is 2.22. The first kappa shape index (κ1) is 22.6. The molecule has 4 aromatic rings. The summed E-state index contributed by atoms with van der Waals surface area (Å²) in [5.41, 5.74) is 3.77. The number of halogens is 3. The fourth-order valence-corrected chi connectivity index (χ4v) is 3.58. The number of hydrogen-bond donors (Lipinski definition) is 0. The maximum absolute atomic E-state index is 15.0. The van der Waals surface area contributed by atoms with Crippen molar-refractivity contribution in [1.29, 1.82) is 0 Å². The Bertz CT molecular complexity index is 1430. The van der Waals surface area contributed by atoms with Gasteiger partial charge in [-0.15, -0.1) is 0 Å². The van der Waals surface area contributed by atoms with E-state index in [4.69, 9.17) is 11.6 Å². The summed E-state index contributed by atoms with van der Waals surface area (Å²) in [6, 6.07) is 21.4. The quantitative estimate of drug-likeness (QED) is 0.276. The molecule has 0 spiro atoms. The summed E-state index contributed by atoms with van der Waals surface area (Å²) in [6.07, 6.45) is 3.45. The van der Waals surface area contributed by atoms with E-state index in [1.807, 2.05) is 24.3 Å². The van der Waals surface area contributed by atoms with E-state index in [1.54, 1.807) is 24.3 Å². The molecule has 0 saturated heterocycles. The Balaban J connectivity index is 1.56. The molecular formula is C30H21ClF2. The van der Waals surface area contributed by atoms with E-state index < -0.39 is 11.6 Å². The molecule has 33 heavy (non-hydrogen) atoms. The molecular weight excluding hydrogens is 434 g/mol. The van der Waals surface area contributed by atoms with Crippen molar-refractivity contribution in [3.63, 3.8) is 0 Å². The highest BCUT2D eigenvalue weighted by atomic mass is 35.5. The molecule has 0 amide bonds. The monoisotopic (exact) mass is 454 g/mol. The molecule has 162 valence electrons. The van der Waals surface area contributed by atoms with Crippen LogP contribution in [0.2, 0.25) is 5.02 Å². The number of fused-ring (bicyclic) bond motifs is 1. The Kier molecular flexibility index (Phi) is 7.09. The third-order valence-electron chi connectivity index (χ3n) is 5.34. The van der Waals surface area contributed by atoms with E-state index in [9.17, 15) is 8.78 Å². The predicted octanol–water partition coefficient (Wildman–Crippen LogP) is 7.91. The highest BCUT2D eigenvalue weighted by molar-refractivity contribution is 6.30. The van der Waals surface area contributed by atoms with Crippen molar-refractivity contribution in [2.45, 2.75) is 26.2 Å². The van der Waals surface area contributed by atoms with Crippen LogP contribution in [0.5, 0.6) is 0 Å². The number of rotatable bonds is 3. The van der Waals surface area contributed by atoms with Gasteiger partial charge < -0.3 is 0 Å². The zero-order valence-electron chi connectivity index (χ0n) is 18.2. The van der Waals surface area contributed by atoms with Gasteiger partial charge in [0.15, 0.2) is 0 Å². The summed E-state index contributed by atoms with van der Waals surface area (Å²) in [4.78, 5) is 0. The Morgan fingerprint density at radius 3 is 2.15 bits per heavy atom. The SMILES string of the molecule is CCCCc1ccc(C#Cc2ccc3c(F)c(C#Cc4ccc(Cl)c(F)c4)ccc3c2)cc1. The van der Waals surface area contributed by atoms with E-state index in [2.05, 4.69) is 42.7 Å². The summed E-state index contributed by atoms with van der Waals surface area (Å²) in [5.74, 6) is 10.9. The lowest BCUT2D eigenvalue weighted by Gasteiger charge is -2.03. The largest absolute Gasteiger partial charge is 0.205 e. The van der Waals surface area contributed by atoms with Crippen LogP contribution in [0, 0.1) is 35.3 Å². The third-order valence-corrected chi connectivity index (χ3v) is 5.65. The summed E-state index contributed by atoms with van der Waals surface area (Å²) < 4.78 is 28.6. The first-order valence-electron chi connectivity index (χ1n) is 10.8. The molecule has 4 aromatic carbocycles. The van der Waals surface area contributed by atoms with Crippen LogP contribution >= 0.6 is 11.6 Å². The van der Waals surface area contributed by atoms with Crippen molar-refractivity contribution in [3.8, 4) is 23.7 Å². The number of benzene rings is 4. The molecule has 0 heterocycles. The molecule has 4 rings (SSSR count). The standard InChI is InChI=1S/C30H21ClF2/c1-2-3-4-21-5-7-22(8-6-21)9-10-23-12-17-27-26(19-23)16-15-25(30(27)33)14-11-24-13-18-28(31)29(32)20-24/h5-8,12-13,15-20H,2-4H2,1H3. The van der Waals surface area contributed by atoms with E-state index in [0.29, 0.717) is 10.9 Å². The smallest absolute Gasteiger partial charge is 0.146 e. The molecule has 0 atom stereocenters. The van der Waals surface area contributed by atoms with Gasteiger partial charge in [0.2, 0.25) is 0 Å². The second-order valence-electron chi connectivity index (χ2n) is 7.79. The number of unbranched alkanes of at least 4 members (excludes halogenated alkanes) is 1. The van der Waals surface area contributed by atoms with Crippen LogP contribution < -0.4 is 0 Å². The first-order chi connectivity index (χ1) is 16.0. The average molecular weight is 455 g/mol. The lowest BCUT2D eigenvalue weighted by molar-refractivity contribution is 0.628. The van der Waals surface area contributed by atoms with Gasteiger partial charge in [0, 0.05) is 22.1 Å². The molecule has 3 heteroatoms. The van der Waals surface area contributed by atoms with Gasteiger partial charge in [0.05, 0.1) is 10.6 Å². The second-order valence-corrected chi connectivity index (χ2v) is 8.20. The van der Waals surface area contributed by atoms with Gasteiger partial charge in [0.25, 0.3) is 0 Å². The summed E-state index contributed by atoms with van der Waals surface area (Å²) in [5, 5.41) is 1.24. The molecule has 0 aromatic heterocycles. The van der Waals surface area contributed by atoms with Crippen molar-refractivity contribution in [2.24, 2.45) is 0 Å². The minimum Gasteiger partial charge on any atom is -0.205 e. The Morgan fingerprint density at radius 2 is 1.39 bits per heavy atom. The first-order valence-corrected chi connectivity index (χ1v) is 11.2. The van der Waals surface area contributed by atoms with E-state index >= 15 is 0 Å². The normalized spacial score (nSPS) is 10.3. The Hall–Kier alpha value is -3.59. The maximum atomic E-state index is 15.0. The van der Waals surface area contributed by atoms with Crippen LogP contribution in [0.3, 0.4) is 0 Å². The topological polar surface area (TPSA) is 0 Å². The van der Waals surface area contributed by atoms with E-state index in [-0.39, 0.29) is 10.6 Å². The van der Waals surface area contributed by atoms with Gasteiger partial charge in [-0.2, -0.15) is 0 Å². The third kappa shape index (κ3) is 5.61. The molecule has 0 radical (unpaired) electrons. The zero-order valence-corrected chi connectivity index (χ0v) is 18.9. The molecule has 0 N–H and O–H groups in total. The van der Waals surface area contributed by atoms with Crippen molar-refractivity contribution in [1.82, 2.24) is 0 Å². The average Bonchev–Trinajstić information content (AvgIpc) is 2.83. The van der Waals surface area contributed by atoms with Gasteiger partial charge in [-0.05, 0) is 72.3 Å². The van der Waals surface area contributed by atoms with Crippen LogP contribution in [0.15, 0.2) is 72.8 Å². The molecule has 0 saturated carbocycles. The molecule has 0 fully saturated rings. The lowest BCUT2D eigenvalue weighted by atomic mass is 10.0. The van der Waals surface area contributed by atoms with Crippen molar-refractivity contribution in [3.05, 3.63) is 117 Å². The molecule has 0 aliphatic heterocycles. The molecule has 0 nitrogen and oxygen atoms in total. The minimum absolute atomic E-state index is 0.0281. The van der Waals surface area contributed by atoms with Crippen LogP contribution in [-0.4, -0.2) is 0 Å². The summed E-state index contributed by atoms with van der Waals surface area (Å²) in [7, 11) is 0. The molecule has 0 unspecified atom stereocenters. The van der Waals surface area contributed by atoms with Gasteiger partial charge in [-0.25, -0.2) is 8.78 Å². The summed E-state index contributed by atoms with van der Waals surface area (Å²) >= 11 is 5.69. The Morgan fingerprint density at radius 1 is 0.727 bits per heavy atom. The van der Waals surface area contributed by atoms with E-state index in [1.165, 1.54) is 30.5 Å². The van der Waals surface area contributed by atoms with E-state index in [0.717, 1.165) is 22.9 Å². The zero-order chi connectivity index (χ0) is 23.2. The second kappa shape index (κ2) is 10.4. The lowest BCUT2D eigenvalue weighted by Crippen LogP contribution is -1.88. The van der Waals surface area contributed by atoms with Gasteiger partial charge >= 0.3 is 0 Å². The fraction of sp³-hybridized carbons (Fsp3) is 0.133. The highest BCUT2D eigenvalue weighted by Gasteiger charge is 2.06. The molecule has 0 aliphatic carbocycles. The van der Waals surface area contributed by atoms with Crippen LogP contribution in [0.4, 0.5) is 8.78 Å². The fourth-order valence-electron chi connectivity index (χ4n) is 3.46. The van der Waals surface area contributed by atoms with Crippen LogP contribution in [0.1, 0.15) is 47.6 Å². The minimum atomic E-state index is -0.552. The van der Waals surface area contributed by atoms with Gasteiger partial charge in [-0.3, -0.25) is 0 Å². The Labute approximate surface area is 198 Å².